The molecule has 0 radical (unpaired) electrons. The summed E-state index contributed by atoms with van der Waals surface area (Å²) < 4.78 is 23.2. The maximum absolute atomic E-state index is 12.9. The standard InChI is InChI=1S/C51H97N2O6P/c1-6-8-10-12-14-16-18-20-22-23-24-25-26-27-28-29-31-32-34-36-38-40-42-44-50(54)49(48-59-60(56,57)58-47-46-53(3,4)5)52-51(55)45-43-41-39-37-35-33-30-21-19-17-15-13-11-9-7-2/h15,17,19,21,34,36,42,44,49-50,54H,6-14,16,18,20,22-33,35,37-41,43,45-48H2,1-5H3,(H-,52,55,56,57)/b17-15-,21-19-,36-34+,44-42+. The van der Waals surface area contributed by atoms with E-state index in [1.807, 2.05) is 27.2 Å². The first kappa shape index (κ1) is 58.5. The molecule has 0 aromatic carbocycles. The van der Waals surface area contributed by atoms with Gasteiger partial charge in [0, 0.05) is 6.42 Å². The van der Waals surface area contributed by atoms with Gasteiger partial charge in [-0.1, -0.05) is 204 Å². The Kier molecular flexibility index (Phi) is 41.6. The number of hydrogen-bond donors (Lipinski definition) is 2. The van der Waals surface area contributed by atoms with Crippen molar-refractivity contribution >= 4 is 13.7 Å². The predicted molar refractivity (Wildman–Crippen MR) is 256 cm³/mol. The Morgan fingerprint density at radius 2 is 0.983 bits per heavy atom. The van der Waals surface area contributed by atoms with E-state index in [9.17, 15) is 19.4 Å². The first-order chi connectivity index (χ1) is 29.0. The van der Waals surface area contributed by atoms with Gasteiger partial charge in [-0.15, -0.1) is 0 Å². The molecule has 8 nitrogen and oxygen atoms in total. The summed E-state index contributed by atoms with van der Waals surface area (Å²) in [6.07, 6.45) is 54.6. The Hall–Kier alpha value is -1.54. The highest BCUT2D eigenvalue weighted by Crippen LogP contribution is 2.38. The second-order valence-electron chi connectivity index (χ2n) is 18.2. The molecular formula is C51H97N2O6P. The number of likely N-dealkylation sites (N-methyl/N-ethyl adjacent to an activating group) is 1. The molecular weight excluding hydrogens is 768 g/mol. The van der Waals surface area contributed by atoms with Crippen molar-refractivity contribution in [3.05, 3.63) is 48.6 Å². The van der Waals surface area contributed by atoms with Crippen LogP contribution in [0.4, 0.5) is 0 Å². The Morgan fingerprint density at radius 3 is 1.48 bits per heavy atom. The van der Waals surface area contributed by atoms with E-state index in [0.717, 1.165) is 57.8 Å². The van der Waals surface area contributed by atoms with Gasteiger partial charge in [0.15, 0.2) is 0 Å². The lowest BCUT2D eigenvalue weighted by Gasteiger charge is -2.29. The van der Waals surface area contributed by atoms with Crippen molar-refractivity contribution in [3.63, 3.8) is 0 Å². The van der Waals surface area contributed by atoms with E-state index >= 15 is 0 Å². The van der Waals surface area contributed by atoms with Crippen LogP contribution in [0.5, 0.6) is 0 Å². The Bertz CT molecular complexity index is 1120. The number of aliphatic hydroxyl groups excluding tert-OH is 1. The molecule has 2 N–H and O–H groups in total. The summed E-state index contributed by atoms with van der Waals surface area (Å²) in [5, 5.41) is 13.8. The number of carbonyl (C=O) groups is 1. The summed E-state index contributed by atoms with van der Waals surface area (Å²) >= 11 is 0. The molecule has 0 spiro atoms. The average molecular weight is 865 g/mol. The molecule has 1 amide bonds. The van der Waals surface area contributed by atoms with E-state index in [-0.39, 0.29) is 12.5 Å². The van der Waals surface area contributed by atoms with E-state index < -0.39 is 26.6 Å². The van der Waals surface area contributed by atoms with Gasteiger partial charge in [-0.05, 0) is 57.8 Å². The highest BCUT2D eigenvalue weighted by Gasteiger charge is 2.23. The van der Waals surface area contributed by atoms with Gasteiger partial charge in [-0.25, -0.2) is 0 Å². The lowest BCUT2D eigenvalue weighted by Crippen LogP contribution is -2.45. The summed E-state index contributed by atoms with van der Waals surface area (Å²) in [6, 6.07) is -0.910. The third-order valence-corrected chi connectivity index (χ3v) is 12.0. The molecule has 0 heterocycles. The molecule has 9 heteroatoms. The quantitative estimate of drug-likeness (QED) is 0.0208. The highest BCUT2D eigenvalue weighted by molar-refractivity contribution is 7.45. The lowest BCUT2D eigenvalue weighted by molar-refractivity contribution is -0.870. The molecule has 0 saturated carbocycles. The van der Waals surface area contributed by atoms with Crippen LogP contribution in [0.3, 0.4) is 0 Å². The minimum Gasteiger partial charge on any atom is -0.756 e. The van der Waals surface area contributed by atoms with Gasteiger partial charge in [0.25, 0.3) is 7.82 Å². The Labute approximate surface area is 371 Å². The van der Waals surface area contributed by atoms with Crippen LogP contribution in [-0.2, 0) is 18.4 Å². The Balaban J connectivity index is 4.37. The van der Waals surface area contributed by atoms with Crippen LogP contribution in [0.2, 0.25) is 0 Å². The smallest absolute Gasteiger partial charge is 0.268 e. The summed E-state index contributed by atoms with van der Waals surface area (Å²) in [5.74, 6) is -0.220. The molecule has 0 aromatic heterocycles. The van der Waals surface area contributed by atoms with Crippen molar-refractivity contribution < 1.29 is 32.9 Å². The average Bonchev–Trinajstić information content (AvgIpc) is 3.20. The number of unbranched alkanes of at least 4 members (excludes halogenated alkanes) is 27. The fourth-order valence-electron chi connectivity index (χ4n) is 7.04. The number of phosphoric ester groups is 1. The van der Waals surface area contributed by atoms with Crippen molar-refractivity contribution in [2.45, 2.75) is 231 Å². The highest BCUT2D eigenvalue weighted by atomic mass is 31.2. The van der Waals surface area contributed by atoms with Gasteiger partial charge in [-0.2, -0.15) is 0 Å². The number of aliphatic hydroxyl groups is 1. The second kappa shape index (κ2) is 42.7. The monoisotopic (exact) mass is 865 g/mol. The van der Waals surface area contributed by atoms with Crippen LogP contribution >= 0.6 is 7.82 Å². The number of rotatable bonds is 45. The van der Waals surface area contributed by atoms with Crippen molar-refractivity contribution in [1.82, 2.24) is 5.32 Å². The minimum atomic E-state index is -4.60. The second-order valence-corrected chi connectivity index (χ2v) is 19.6. The topological polar surface area (TPSA) is 108 Å². The molecule has 0 aliphatic heterocycles. The summed E-state index contributed by atoms with van der Waals surface area (Å²) in [7, 11) is 1.23. The first-order valence-electron chi connectivity index (χ1n) is 25.0. The van der Waals surface area contributed by atoms with Crippen molar-refractivity contribution in [3.8, 4) is 0 Å². The van der Waals surface area contributed by atoms with Gasteiger partial charge in [0.05, 0.1) is 39.9 Å². The third kappa shape index (κ3) is 44.5. The van der Waals surface area contributed by atoms with Gasteiger partial charge in [0.2, 0.25) is 5.91 Å². The van der Waals surface area contributed by atoms with E-state index in [2.05, 4.69) is 55.6 Å². The van der Waals surface area contributed by atoms with Gasteiger partial charge in [0.1, 0.15) is 13.2 Å². The maximum Gasteiger partial charge on any atom is 0.268 e. The molecule has 0 fully saturated rings. The number of phosphoric acid groups is 1. The lowest BCUT2D eigenvalue weighted by atomic mass is 10.0. The van der Waals surface area contributed by atoms with Crippen LogP contribution < -0.4 is 10.2 Å². The summed E-state index contributed by atoms with van der Waals surface area (Å²) in [5.41, 5.74) is 0. The van der Waals surface area contributed by atoms with Gasteiger partial charge in [-0.3, -0.25) is 9.36 Å². The van der Waals surface area contributed by atoms with E-state index in [0.29, 0.717) is 17.4 Å². The summed E-state index contributed by atoms with van der Waals surface area (Å²) in [6.45, 7) is 4.59. The molecule has 0 rings (SSSR count). The SMILES string of the molecule is CCCCC/C=C\C=C/CCCCCCCCC(=O)NC(COP(=O)([O-])OCC[N+](C)(C)C)C(O)/C=C/CC/C=C/CCCCCCCCCCCCCCCCCCC. The predicted octanol–water partition coefficient (Wildman–Crippen LogP) is 13.8. The molecule has 3 unspecified atom stereocenters. The Morgan fingerprint density at radius 1 is 0.583 bits per heavy atom. The molecule has 0 aliphatic carbocycles. The normalized spacial score (nSPS) is 14.6. The number of nitrogens with one attached hydrogen (secondary N) is 1. The number of quaternary nitrogens is 1. The van der Waals surface area contributed by atoms with Crippen LogP contribution in [0.15, 0.2) is 48.6 Å². The number of nitrogens with zero attached hydrogens (tertiary/aromatic N) is 1. The molecule has 0 aromatic rings. The third-order valence-electron chi connectivity index (χ3n) is 11.0. The number of allylic oxidation sites excluding steroid dienone is 7. The van der Waals surface area contributed by atoms with Crippen LogP contribution in [0.1, 0.15) is 219 Å². The molecule has 0 bridgehead atoms. The van der Waals surface area contributed by atoms with Crippen LogP contribution in [0, 0.1) is 0 Å². The van der Waals surface area contributed by atoms with E-state index in [1.165, 1.54) is 141 Å². The molecule has 0 saturated heterocycles. The van der Waals surface area contributed by atoms with Gasteiger partial charge >= 0.3 is 0 Å². The van der Waals surface area contributed by atoms with Gasteiger partial charge < -0.3 is 28.8 Å². The van der Waals surface area contributed by atoms with Crippen molar-refractivity contribution in [2.24, 2.45) is 0 Å². The molecule has 3 atom stereocenters. The zero-order valence-corrected chi connectivity index (χ0v) is 40.8. The largest absolute Gasteiger partial charge is 0.756 e. The maximum atomic E-state index is 12.9. The van der Waals surface area contributed by atoms with Crippen molar-refractivity contribution in [1.29, 1.82) is 0 Å². The molecule has 60 heavy (non-hydrogen) atoms. The minimum absolute atomic E-state index is 0.00990. The van der Waals surface area contributed by atoms with Crippen molar-refractivity contribution in [2.75, 3.05) is 40.9 Å². The summed E-state index contributed by atoms with van der Waals surface area (Å²) in [4.78, 5) is 25.3. The van der Waals surface area contributed by atoms with Crippen LogP contribution in [-0.4, -0.2) is 68.5 Å². The fourth-order valence-corrected chi connectivity index (χ4v) is 7.76. The number of carbonyl (C=O) groups excluding carboxylic acids is 1. The number of hydrogen-bond acceptors (Lipinski definition) is 6. The van der Waals surface area contributed by atoms with E-state index in [1.54, 1.807) is 6.08 Å². The first-order valence-corrected chi connectivity index (χ1v) is 26.5. The van der Waals surface area contributed by atoms with Crippen LogP contribution in [0.25, 0.3) is 0 Å². The molecule has 0 aliphatic rings. The van der Waals surface area contributed by atoms with E-state index in [4.69, 9.17) is 9.05 Å². The fraction of sp³-hybridized carbons (Fsp3) is 0.824. The zero-order chi connectivity index (χ0) is 44.3. The number of amides is 1. The molecule has 352 valence electrons. The zero-order valence-electron chi connectivity index (χ0n) is 39.9.